The predicted octanol–water partition coefficient (Wildman–Crippen LogP) is 4.75. The van der Waals surface area contributed by atoms with Crippen molar-refractivity contribution in [3.8, 4) is 5.75 Å². The van der Waals surface area contributed by atoms with Gasteiger partial charge in [0.15, 0.2) is 0 Å². The highest BCUT2D eigenvalue weighted by Crippen LogP contribution is 2.28. The Balaban J connectivity index is 1.78. The second-order valence-electron chi connectivity index (χ2n) is 4.73. The van der Waals surface area contributed by atoms with E-state index in [0.717, 1.165) is 4.47 Å². The van der Waals surface area contributed by atoms with Gasteiger partial charge in [0.05, 0.1) is 24.4 Å². The van der Waals surface area contributed by atoms with Gasteiger partial charge in [-0.3, -0.25) is 4.79 Å². The van der Waals surface area contributed by atoms with Gasteiger partial charge in [0.1, 0.15) is 10.6 Å². The average Bonchev–Trinajstić information content (AvgIpc) is 3.00. The van der Waals surface area contributed by atoms with Crippen molar-refractivity contribution in [2.45, 2.75) is 12.8 Å². The van der Waals surface area contributed by atoms with Gasteiger partial charge >= 0.3 is 5.97 Å². The van der Waals surface area contributed by atoms with E-state index in [1.807, 2.05) is 6.07 Å². The maximum absolute atomic E-state index is 12.0. The van der Waals surface area contributed by atoms with Crippen LogP contribution in [0, 0.1) is 0 Å². The van der Waals surface area contributed by atoms with Crippen molar-refractivity contribution in [2.24, 2.45) is 0 Å². The van der Waals surface area contributed by atoms with Crippen molar-refractivity contribution in [3.05, 3.63) is 44.0 Å². The molecule has 0 aliphatic heterocycles. The van der Waals surface area contributed by atoms with E-state index in [0.29, 0.717) is 34.4 Å². The molecule has 0 atom stereocenters. The Bertz CT molecular complexity index is 735. The number of carbonyl (C=O) groups is 2. The highest BCUT2D eigenvalue weighted by Gasteiger charge is 2.15. The second-order valence-corrected chi connectivity index (χ2v) is 6.97. The summed E-state index contributed by atoms with van der Waals surface area (Å²) >= 11 is 10.6. The first kappa shape index (κ1) is 18.8. The molecule has 1 heterocycles. The van der Waals surface area contributed by atoms with Crippen LogP contribution >= 0.6 is 38.9 Å². The van der Waals surface area contributed by atoms with Gasteiger partial charge in [-0.15, -0.1) is 11.3 Å². The molecule has 0 saturated carbocycles. The maximum Gasteiger partial charge on any atom is 0.350 e. The van der Waals surface area contributed by atoms with Crippen LogP contribution < -0.4 is 10.1 Å². The van der Waals surface area contributed by atoms with Crippen LogP contribution in [0.15, 0.2) is 34.1 Å². The Morgan fingerprint density at radius 3 is 2.83 bits per heavy atom. The topological polar surface area (TPSA) is 64.6 Å². The fourth-order valence-electron chi connectivity index (χ4n) is 1.88. The van der Waals surface area contributed by atoms with E-state index in [1.165, 1.54) is 18.4 Å². The van der Waals surface area contributed by atoms with Crippen LogP contribution in [0.5, 0.6) is 5.75 Å². The number of thiophene rings is 1. The molecule has 0 bridgehead atoms. The summed E-state index contributed by atoms with van der Waals surface area (Å²) in [6, 6.07) is 7.01. The molecule has 0 fully saturated rings. The third-order valence-electron chi connectivity index (χ3n) is 3.01. The number of hydrogen-bond acceptors (Lipinski definition) is 5. The molecule has 0 aliphatic carbocycles. The fraction of sp³-hybridized carbons (Fsp3) is 0.250. The molecule has 0 radical (unpaired) electrons. The normalized spacial score (nSPS) is 10.3. The minimum absolute atomic E-state index is 0.191. The number of rotatable bonds is 7. The van der Waals surface area contributed by atoms with Crippen LogP contribution in [0.1, 0.15) is 22.5 Å². The average molecular weight is 433 g/mol. The van der Waals surface area contributed by atoms with Crippen molar-refractivity contribution < 1.29 is 19.1 Å². The molecule has 2 rings (SSSR count). The first-order valence-corrected chi connectivity index (χ1v) is 9.10. The van der Waals surface area contributed by atoms with Crippen LogP contribution in [-0.4, -0.2) is 25.6 Å². The van der Waals surface area contributed by atoms with E-state index in [1.54, 1.807) is 23.6 Å². The quantitative estimate of drug-likeness (QED) is 0.506. The zero-order chi connectivity index (χ0) is 17.5. The van der Waals surface area contributed by atoms with Crippen LogP contribution in [-0.2, 0) is 9.53 Å². The van der Waals surface area contributed by atoms with Gasteiger partial charge in [0, 0.05) is 10.9 Å². The molecule has 5 nitrogen and oxygen atoms in total. The number of anilines is 1. The molecule has 0 spiro atoms. The highest BCUT2D eigenvalue weighted by atomic mass is 79.9. The number of carbonyl (C=O) groups excluding carboxylic acids is 2. The third kappa shape index (κ3) is 5.22. The number of hydrogen-bond donors (Lipinski definition) is 1. The second kappa shape index (κ2) is 9.05. The Hall–Kier alpha value is -1.57. The van der Waals surface area contributed by atoms with E-state index in [-0.39, 0.29) is 12.3 Å². The standard InChI is InChI=1S/C16H15BrClNO4S/c1-22-16(21)15-12(6-8-24-15)19-14(20)3-2-7-23-13-5-4-10(17)9-11(13)18/h4-6,8-9H,2-3,7H2,1H3,(H,19,20). The number of halogens is 2. The summed E-state index contributed by atoms with van der Waals surface area (Å²) in [6.07, 6.45) is 0.792. The molecule has 0 aliphatic rings. The van der Waals surface area contributed by atoms with Gasteiger partial charge in [-0.2, -0.15) is 0 Å². The van der Waals surface area contributed by atoms with Crippen molar-refractivity contribution in [1.82, 2.24) is 0 Å². The number of amides is 1. The van der Waals surface area contributed by atoms with E-state index in [4.69, 9.17) is 16.3 Å². The van der Waals surface area contributed by atoms with Crippen molar-refractivity contribution in [3.63, 3.8) is 0 Å². The Labute approximate surface area is 157 Å². The largest absolute Gasteiger partial charge is 0.492 e. The lowest BCUT2D eigenvalue weighted by Crippen LogP contribution is -2.14. The molecule has 24 heavy (non-hydrogen) atoms. The molecular weight excluding hydrogens is 418 g/mol. The Morgan fingerprint density at radius 1 is 1.33 bits per heavy atom. The molecule has 1 aromatic heterocycles. The van der Waals surface area contributed by atoms with Crippen molar-refractivity contribution >= 4 is 56.4 Å². The lowest BCUT2D eigenvalue weighted by atomic mass is 10.3. The number of nitrogens with one attached hydrogen (secondary N) is 1. The minimum atomic E-state index is -0.464. The molecular formula is C16H15BrClNO4S. The van der Waals surface area contributed by atoms with E-state index < -0.39 is 5.97 Å². The lowest BCUT2D eigenvalue weighted by molar-refractivity contribution is -0.116. The van der Waals surface area contributed by atoms with E-state index in [2.05, 4.69) is 26.0 Å². The highest BCUT2D eigenvalue weighted by molar-refractivity contribution is 9.10. The number of esters is 1. The van der Waals surface area contributed by atoms with Crippen molar-refractivity contribution in [1.29, 1.82) is 0 Å². The molecule has 1 amide bonds. The van der Waals surface area contributed by atoms with Gasteiger partial charge in [-0.25, -0.2) is 4.79 Å². The van der Waals surface area contributed by atoms with Gasteiger partial charge in [0.2, 0.25) is 5.91 Å². The molecule has 0 saturated heterocycles. The zero-order valence-electron chi connectivity index (χ0n) is 12.8. The van der Waals surface area contributed by atoms with Crippen LogP contribution in [0.4, 0.5) is 5.69 Å². The first-order chi connectivity index (χ1) is 11.5. The lowest BCUT2D eigenvalue weighted by Gasteiger charge is -2.09. The molecule has 2 aromatic rings. The zero-order valence-corrected chi connectivity index (χ0v) is 16.0. The molecule has 0 unspecified atom stereocenters. The summed E-state index contributed by atoms with van der Waals surface area (Å²) < 4.78 is 11.1. The van der Waals surface area contributed by atoms with Crippen molar-refractivity contribution in [2.75, 3.05) is 19.0 Å². The van der Waals surface area contributed by atoms with Crippen LogP contribution in [0.3, 0.4) is 0 Å². The first-order valence-electron chi connectivity index (χ1n) is 7.04. The molecule has 1 N–H and O–H groups in total. The molecule has 8 heteroatoms. The number of benzene rings is 1. The van der Waals surface area contributed by atoms with Gasteiger partial charge in [0.25, 0.3) is 0 Å². The SMILES string of the molecule is COC(=O)c1sccc1NC(=O)CCCOc1ccc(Br)cc1Cl. The summed E-state index contributed by atoms with van der Waals surface area (Å²) in [4.78, 5) is 23.9. The number of ether oxygens (including phenoxy) is 2. The summed E-state index contributed by atoms with van der Waals surface area (Å²) in [7, 11) is 1.30. The predicted molar refractivity (Wildman–Crippen MR) is 98.2 cm³/mol. The maximum atomic E-state index is 12.0. The van der Waals surface area contributed by atoms with E-state index in [9.17, 15) is 9.59 Å². The summed E-state index contributed by atoms with van der Waals surface area (Å²) in [5, 5.41) is 4.94. The van der Waals surface area contributed by atoms with Gasteiger partial charge < -0.3 is 14.8 Å². The van der Waals surface area contributed by atoms with E-state index >= 15 is 0 Å². The smallest absolute Gasteiger partial charge is 0.350 e. The molecule has 1 aromatic carbocycles. The van der Waals surface area contributed by atoms with Crippen LogP contribution in [0.2, 0.25) is 5.02 Å². The van der Waals surface area contributed by atoms with Crippen LogP contribution in [0.25, 0.3) is 0 Å². The summed E-state index contributed by atoms with van der Waals surface area (Å²) in [5.74, 6) is -0.0799. The monoisotopic (exact) mass is 431 g/mol. The van der Waals surface area contributed by atoms with Gasteiger partial charge in [-0.1, -0.05) is 27.5 Å². The molecule has 128 valence electrons. The fourth-order valence-corrected chi connectivity index (χ4v) is 3.37. The summed E-state index contributed by atoms with van der Waals surface area (Å²) in [5.41, 5.74) is 0.466. The minimum Gasteiger partial charge on any atom is -0.492 e. The summed E-state index contributed by atoms with van der Waals surface area (Å²) in [6.45, 7) is 0.363. The third-order valence-corrected chi connectivity index (χ3v) is 4.69. The van der Waals surface area contributed by atoms with Gasteiger partial charge in [-0.05, 0) is 36.1 Å². The Morgan fingerprint density at radius 2 is 2.12 bits per heavy atom. The Kier molecular flexibility index (Phi) is 7.08. The number of methoxy groups -OCH3 is 1.